The van der Waals surface area contributed by atoms with E-state index < -0.39 is 11.7 Å². The van der Waals surface area contributed by atoms with Gasteiger partial charge in [0, 0.05) is 5.56 Å². The van der Waals surface area contributed by atoms with Gasteiger partial charge >= 0.3 is 6.18 Å². The Bertz CT molecular complexity index is 1380. The van der Waals surface area contributed by atoms with E-state index in [1.54, 1.807) is 18.4 Å². The van der Waals surface area contributed by atoms with Crippen LogP contribution < -0.4 is 0 Å². The highest BCUT2D eigenvalue weighted by Crippen LogP contribution is 2.32. The fraction of sp³-hybridized carbons (Fsp3) is 0.130. The Kier molecular flexibility index (Phi) is 5.93. The van der Waals surface area contributed by atoms with E-state index in [1.807, 2.05) is 34.9 Å². The molecule has 5 aromatic rings. The highest BCUT2D eigenvalue weighted by Gasteiger charge is 2.30. The van der Waals surface area contributed by atoms with Gasteiger partial charge in [0.1, 0.15) is 0 Å². The van der Waals surface area contributed by atoms with Crippen LogP contribution in [0.15, 0.2) is 87.1 Å². The molecule has 0 fully saturated rings. The molecule has 0 bridgehead atoms. The van der Waals surface area contributed by atoms with Gasteiger partial charge in [0.2, 0.25) is 17.5 Å². The monoisotopic (exact) mass is 483 g/mol. The molecular weight excluding hydrogens is 467 g/mol. The summed E-state index contributed by atoms with van der Waals surface area (Å²) >= 11 is 1.32. The van der Waals surface area contributed by atoms with Crippen LogP contribution in [0, 0.1) is 0 Å². The fourth-order valence-corrected chi connectivity index (χ4v) is 4.06. The molecule has 2 aromatic carbocycles. The van der Waals surface area contributed by atoms with Crippen LogP contribution >= 0.6 is 11.8 Å². The number of rotatable bonds is 7. The number of furan rings is 1. The lowest BCUT2D eigenvalue weighted by atomic mass is 10.1. The molecule has 11 heteroatoms. The van der Waals surface area contributed by atoms with Gasteiger partial charge in [-0.2, -0.15) is 18.2 Å². The average Bonchev–Trinajstić information content (AvgIpc) is 3.59. The third-order valence-electron chi connectivity index (χ3n) is 4.88. The van der Waals surface area contributed by atoms with E-state index in [0.717, 1.165) is 17.7 Å². The molecule has 0 saturated heterocycles. The van der Waals surface area contributed by atoms with E-state index in [0.29, 0.717) is 23.3 Å². The van der Waals surface area contributed by atoms with Gasteiger partial charge < -0.3 is 8.94 Å². The smallest absolute Gasteiger partial charge is 0.416 e. The number of hydrogen-bond acceptors (Lipinski definition) is 7. The van der Waals surface area contributed by atoms with Crippen molar-refractivity contribution < 1.29 is 22.1 Å². The molecule has 172 valence electrons. The number of halogens is 3. The molecule has 0 aliphatic heterocycles. The average molecular weight is 483 g/mol. The molecule has 0 unspecified atom stereocenters. The van der Waals surface area contributed by atoms with Gasteiger partial charge in [-0.3, -0.25) is 4.57 Å². The van der Waals surface area contributed by atoms with Crippen LogP contribution in [-0.4, -0.2) is 24.9 Å². The van der Waals surface area contributed by atoms with E-state index in [2.05, 4.69) is 20.3 Å². The van der Waals surface area contributed by atoms with E-state index >= 15 is 0 Å². The first-order valence-electron chi connectivity index (χ1n) is 10.1. The first kappa shape index (κ1) is 22.0. The number of hydrogen-bond donors (Lipinski definition) is 0. The second kappa shape index (κ2) is 9.18. The van der Waals surface area contributed by atoms with Gasteiger partial charge in [0.05, 0.1) is 24.1 Å². The van der Waals surface area contributed by atoms with E-state index in [-0.39, 0.29) is 23.0 Å². The van der Waals surface area contributed by atoms with Crippen LogP contribution in [0.1, 0.15) is 17.0 Å². The Morgan fingerprint density at radius 3 is 2.56 bits per heavy atom. The lowest BCUT2D eigenvalue weighted by Crippen LogP contribution is -2.04. The van der Waals surface area contributed by atoms with Gasteiger partial charge in [-0.25, -0.2) is 0 Å². The Hall–Kier alpha value is -3.86. The molecule has 5 rings (SSSR count). The standard InChI is InChI=1S/C23H16F3N5O2S/c24-23(25,26)17-9-4-8-16(12-17)20-27-19(33-30-20)14-34-22-29-28-21(18-10-5-11-32-18)31(22)13-15-6-2-1-3-7-15/h1-12H,13-14H2. The normalized spacial score (nSPS) is 11.7. The summed E-state index contributed by atoms with van der Waals surface area (Å²) in [6.07, 6.45) is -2.88. The summed E-state index contributed by atoms with van der Waals surface area (Å²) in [5, 5.41) is 13.0. The topological polar surface area (TPSA) is 82.8 Å². The maximum Gasteiger partial charge on any atom is 0.416 e. The van der Waals surface area contributed by atoms with Gasteiger partial charge in [-0.15, -0.1) is 10.2 Å². The number of alkyl halides is 3. The lowest BCUT2D eigenvalue weighted by Gasteiger charge is -2.08. The zero-order chi connectivity index (χ0) is 23.5. The first-order valence-corrected chi connectivity index (χ1v) is 11.1. The highest BCUT2D eigenvalue weighted by atomic mass is 32.2. The molecular formula is C23H16F3N5O2S. The highest BCUT2D eigenvalue weighted by molar-refractivity contribution is 7.98. The Labute approximate surface area is 195 Å². The number of benzene rings is 2. The van der Waals surface area contributed by atoms with Crippen molar-refractivity contribution in [2.75, 3.05) is 0 Å². The van der Waals surface area contributed by atoms with Crippen molar-refractivity contribution in [1.82, 2.24) is 24.9 Å². The first-order chi connectivity index (χ1) is 16.5. The van der Waals surface area contributed by atoms with Crippen molar-refractivity contribution in [3.8, 4) is 23.0 Å². The molecule has 0 N–H and O–H groups in total. The molecule has 3 aromatic heterocycles. The zero-order valence-electron chi connectivity index (χ0n) is 17.4. The third-order valence-corrected chi connectivity index (χ3v) is 5.83. The molecule has 0 radical (unpaired) electrons. The molecule has 0 spiro atoms. The fourth-order valence-electron chi connectivity index (χ4n) is 3.28. The predicted octanol–water partition coefficient (Wildman–Crippen LogP) is 5.95. The second-order valence-electron chi connectivity index (χ2n) is 7.23. The van der Waals surface area contributed by atoms with Gasteiger partial charge in [-0.1, -0.05) is 59.4 Å². The van der Waals surface area contributed by atoms with E-state index in [1.165, 1.54) is 23.9 Å². The molecule has 3 heterocycles. The van der Waals surface area contributed by atoms with Crippen LogP contribution in [-0.2, 0) is 18.5 Å². The third kappa shape index (κ3) is 4.74. The zero-order valence-corrected chi connectivity index (χ0v) is 18.3. The largest absolute Gasteiger partial charge is 0.461 e. The molecule has 34 heavy (non-hydrogen) atoms. The quantitative estimate of drug-likeness (QED) is 0.265. The Morgan fingerprint density at radius 1 is 0.941 bits per heavy atom. The summed E-state index contributed by atoms with van der Waals surface area (Å²) in [6, 6.07) is 18.2. The van der Waals surface area contributed by atoms with Crippen LogP contribution in [0.3, 0.4) is 0 Å². The minimum absolute atomic E-state index is 0.0868. The van der Waals surface area contributed by atoms with Crippen molar-refractivity contribution >= 4 is 11.8 Å². The maximum absolute atomic E-state index is 13.0. The second-order valence-corrected chi connectivity index (χ2v) is 8.18. The number of aromatic nitrogens is 5. The molecule has 0 saturated carbocycles. The maximum atomic E-state index is 13.0. The van der Waals surface area contributed by atoms with Crippen molar-refractivity contribution in [3.63, 3.8) is 0 Å². The van der Waals surface area contributed by atoms with Crippen molar-refractivity contribution in [3.05, 3.63) is 90.0 Å². The van der Waals surface area contributed by atoms with Crippen LogP contribution in [0.4, 0.5) is 13.2 Å². The molecule has 7 nitrogen and oxygen atoms in total. The molecule has 0 aliphatic carbocycles. The van der Waals surface area contributed by atoms with Crippen molar-refractivity contribution in [1.29, 1.82) is 0 Å². The summed E-state index contributed by atoms with van der Waals surface area (Å²) in [5.41, 5.74) is 0.508. The van der Waals surface area contributed by atoms with Crippen molar-refractivity contribution in [2.45, 2.75) is 23.6 Å². The molecule has 0 aliphatic rings. The summed E-state index contributed by atoms with van der Waals surface area (Å²) in [5.74, 6) is 1.76. The summed E-state index contributed by atoms with van der Waals surface area (Å²) in [4.78, 5) is 4.25. The number of thioether (sulfide) groups is 1. The Balaban J connectivity index is 1.37. The molecule has 0 amide bonds. The predicted molar refractivity (Wildman–Crippen MR) is 118 cm³/mol. The molecule has 0 atom stereocenters. The van der Waals surface area contributed by atoms with Crippen molar-refractivity contribution in [2.24, 2.45) is 0 Å². The van der Waals surface area contributed by atoms with E-state index in [9.17, 15) is 13.2 Å². The Morgan fingerprint density at radius 2 is 1.79 bits per heavy atom. The summed E-state index contributed by atoms with van der Waals surface area (Å²) < 4.78 is 51.7. The summed E-state index contributed by atoms with van der Waals surface area (Å²) in [6.45, 7) is 0.519. The van der Waals surface area contributed by atoms with Gasteiger partial charge in [0.15, 0.2) is 10.9 Å². The van der Waals surface area contributed by atoms with Crippen LogP contribution in [0.5, 0.6) is 0 Å². The number of nitrogens with zero attached hydrogens (tertiary/aromatic N) is 5. The van der Waals surface area contributed by atoms with Gasteiger partial charge in [0.25, 0.3) is 0 Å². The summed E-state index contributed by atoms with van der Waals surface area (Å²) in [7, 11) is 0. The van der Waals surface area contributed by atoms with Gasteiger partial charge in [-0.05, 0) is 29.8 Å². The SMILES string of the molecule is FC(F)(F)c1cccc(-c2noc(CSc3nnc(-c4ccco4)n3Cc3ccccc3)n2)c1. The van der Waals surface area contributed by atoms with E-state index in [4.69, 9.17) is 8.94 Å². The lowest BCUT2D eigenvalue weighted by molar-refractivity contribution is -0.137. The minimum Gasteiger partial charge on any atom is -0.461 e. The van der Waals surface area contributed by atoms with Crippen LogP contribution in [0.25, 0.3) is 23.0 Å². The van der Waals surface area contributed by atoms with Crippen LogP contribution in [0.2, 0.25) is 0 Å². The minimum atomic E-state index is -4.45.